The van der Waals surface area contributed by atoms with E-state index in [9.17, 15) is 17.6 Å². The van der Waals surface area contributed by atoms with E-state index >= 15 is 0 Å². The van der Waals surface area contributed by atoms with E-state index in [1.54, 1.807) is 6.07 Å². The molecule has 0 saturated carbocycles. The highest BCUT2D eigenvalue weighted by Gasteiger charge is 2.14. The molecule has 0 aliphatic rings. The summed E-state index contributed by atoms with van der Waals surface area (Å²) in [5, 5.41) is 0.133. The van der Waals surface area contributed by atoms with Crippen molar-refractivity contribution >= 4 is 10.8 Å². The van der Waals surface area contributed by atoms with Gasteiger partial charge in [0.1, 0.15) is 18.2 Å². The summed E-state index contributed by atoms with van der Waals surface area (Å²) in [7, 11) is 0. The smallest absolute Gasteiger partial charge is 0.195 e. The summed E-state index contributed by atoms with van der Waals surface area (Å²) < 4.78 is 59.8. The van der Waals surface area contributed by atoms with Crippen molar-refractivity contribution < 1.29 is 22.3 Å². The Kier molecular flexibility index (Phi) is 4.93. The molecule has 5 heteroatoms. The van der Waals surface area contributed by atoms with Crippen molar-refractivity contribution in [3.05, 3.63) is 76.9 Å². The Balaban J connectivity index is 1.81. The van der Waals surface area contributed by atoms with Gasteiger partial charge < -0.3 is 4.74 Å². The van der Waals surface area contributed by atoms with Gasteiger partial charge >= 0.3 is 0 Å². The van der Waals surface area contributed by atoms with Gasteiger partial charge in [-0.05, 0) is 47.7 Å². The molecule has 0 bridgehead atoms. The van der Waals surface area contributed by atoms with Crippen LogP contribution in [0.3, 0.4) is 0 Å². The molecule has 0 aromatic heterocycles. The maximum Gasteiger partial charge on any atom is 0.195 e. The fraction of sp³-hybridized carbons (Fsp3) is 0.200. The number of hydrogen-bond acceptors (Lipinski definition) is 1. The standard InChI is InChI=1S/C20H16F4O/c1-2-3-12-4-5-13(17(21)8-12)11-25-15-6-7-16-14(9-15)10-18(22)20(24)19(16)23/h4-10H,2-3,11H2,1H3. The summed E-state index contributed by atoms with van der Waals surface area (Å²) in [5.41, 5.74) is 1.30. The third-order valence-corrected chi connectivity index (χ3v) is 3.99. The topological polar surface area (TPSA) is 9.23 Å². The molecule has 0 N–H and O–H groups in total. The van der Waals surface area contributed by atoms with Crippen LogP contribution >= 0.6 is 0 Å². The largest absolute Gasteiger partial charge is 0.489 e. The molecule has 1 nitrogen and oxygen atoms in total. The van der Waals surface area contributed by atoms with Gasteiger partial charge in [0.15, 0.2) is 17.5 Å². The average molecular weight is 348 g/mol. The van der Waals surface area contributed by atoms with Crippen LogP contribution in [0.25, 0.3) is 10.8 Å². The first-order valence-corrected chi connectivity index (χ1v) is 7.97. The van der Waals surface area contributed by atoms with Crippen molar-refractivity contribution in [1.29, 1.82) is 0 Å². The number of ether oxygens (including phenoxy) is 1. The Morgan fingerprint density at radius 3 is 2.36 bits per heavy atom. The van der Waals surface area contributed by atoms with E-state index in [4.69, 9.17) is 4.74 Å². The Bertz CT molecular complexity index is 921. The minimum Gasteiger partial charge on any atom is -0.489 e. The summed E-state index contributed by atoms with van der Waals surface area (Å²) in [4.78, 5) is 0. The molecule has 3 aromatic carbocycles. The highest BCUT2D eigenvalue weighted by atomic mass is 19.2. The van der Waals surface area contributed by atoms with E-state index in [2.05, 4.69) is 0 Å². The van der Waals surface area contributed by atoms with Crippen LogP contribution in [0.4, 0.5) is 17.6 Å². The van der Waals surface area contributed by atoms with Crippen LogP contribution in [0.2, 0.25) is 0 Å². The van der Waals surface area contributed by atoms with Gasteiger partial charge in [0.2, 0.25) is 0 Å². The molecule has 0 heterocycles. The summed E-state index contributed by atoms with van der Waals surface area (Å²) in [6.07, 6.45) is 1.73. The quantitative estimate of drug-likeness (QED) is 0.410. The zero-order valence-corrected chi connectivity index (χ0v) is 13.6. The van der Waals surface area contributed by atoms with Crippen LogP contribution in [-0.4, -0.2) is 0 Å². The summed E-state index contributed by atoms with van der Waals surface area (Å²) in [5.74, 6) is -4.05. The number of aryl methyl sites for hydroxylation is 1. The minimum absolute atomic E-state index is 0.0180. The van der Waals surface area contributed by atoms with Gasteiger partial charge in [-0.1, -0.05) is 25.5 Å². The third kappa shape index (κ3) is 3.60. The Hall–Kier alpha value is -2.56. The van der Waals surface area contributed by atoms with E-state index in [0.717, 1.165) is 24.5 Å². The van der Waals surface area contributed by atoms with Crippen LogP contribution in [0.5, 0.6) is 5.75 Å². The monoisotopic (exact) mass is 348 g/mol. The van der Waals surface area contributed by atoms with E-state index in [0.29, 0.717) is 11.3 Å². The fourth-order valence-corrected chi connectivity index (χ4v) is 2.69. The van der Waals surface area contributed by atoms with Gasteiger partial charge in [-0.2, -0.15) is 0 Å². The Labute approximate surface area is 142 Å². The second-order valence-corrected chi connectivity index (χ2v) is 5.83. The molecule has 0 spiro atoms. The fourth-order valence-electron chi connectivity index (χ4n) is 2.69. The molecule has 0 unspecified atom stereocenters. The second kappa shape index (κ2) is 7.13. The molecule has 3 rings (SSSR count). The highest BCUT2D eigenvalue weighted by molar-refractivity contribution is 5.84. The third-order valence-electron chi connectivity index (χ3n) is 3.99. The summed E-state index contributed by atoms with van der Waals surface area (Å²) in [6, 6.07) is 10.0. The molecular formula is C20H16F4O. The predicted molar refractivity (Wildman–Crippen MR) is 88.5 cm³/mol. The highest BCUT2D eigenvalue weighted by Crippen LogP contribution is 2.27. The zero-order chi connectivity index (χ0) is 18.0. The molecule has 0 fully saturated rings. The number of hydrogen-bond donors (Lipinski definition) is 0. The molecule has 25 heavy (non-hydrogen) atoms. The number of halogens is 4. The Morgan fingerprint density at radius 2 is 1.64 bits per heavy atom. The maximum atomic E-state index is 14.1. The van der Waals surface area contributed by atoms with Crippen LogP contribution in [0.15, 0.2) is 42.5 Å². The van der Waals surface area contributed by atoms with Crippen molar-refractivity contribution in [3.8, 4) is 5.75 Å². The first kappa shape index (κ1) is 17.3. The van der Waals surface area contributed by atoms with Crippen molar-refractivity contribution in [3.63, 3.8) is 0 Å². The molecule has 0 aliphatic heterocycles. The average Bonchev–Trinajstić information content (AvgIpc) is 2.59. The van der Waals surface area contributed by atoms with E-state index in [1.807, 2.05) is 13.0 Å². The predicted octanol–water partition coefficient (Wildman–Crippen LogP) is 5.93. The number of rotatable bonds is 5. The van der Waals surface area contributed by atoms with Crippen molar-refractivity contribution in [2.45, 2.75) is 26.4 Å². The lowest BCUT2D eigenvalue weighted by Gasteiger charge is -2.10. The molecule has 0 saturated heterocycles. The molecule has 0 amide bonds. The molecule has 130 valence electrons. The maximum absolute atomic E-state index is 14.1. The van der Waals surface area contributed by atoms with Crippen molar-refractivity contribution in [2.24, 2.45) is 0 Å². The van der Waals surface area contributed by atoms with Gasteiger partial charge in [-0.25, -0.2) is 17.6 Å². The second-order valence-electron chi connectivity index (χ2n) is 5.83. The van der Waals surface area contributed by atoms with Gasteiger partial charge in [0.05, 0.1) is 0 Å². The lowest BCUT2D eigenvalue weighted by Crippen LogP contribution is -2.00. The lowest BCUT2D eigenvalue weighted by molar-refractivity contribution is 0.300. The molecule has 3 aromatic rings. The van der Waals surface area contributed by atoms with Gasteiger partial charge in [0, 0.05) is 10.9 Å². The first-order chi connectivity index (χ1) is 12.0. The van der Waals surface area contributed by atoms with E-state index < -0.39 is 17.5 Å². The summed E-state index contributed by atoms with van der Waals surface area (Å²) in [6.45, 7) is 2.00. The van der Waals surface area contributed by atoms with E-state index in [1.165, 1.54) is 24.3 Å². The number of benzene rings is 3. The van der Waals surface area contributed by atoms with Gasteiger partial charge in [-0.15, -0.1) is 0 Å². The molecule has 0 radical (unpaired) electrons. The molecule has 0 atom stereocenters. The minimum atomic E-state index is -1.50. The van der Waals surface area contributed by atoms with E-state index in [-0.39, 0.29) is 23.2 Å². The van der Waals surface area contributed by atoms with Crippen LogP contribution < -0.4 is 4.74 Å². The van der Waals surface area contributed by atoms with Gasteiger partial charge in [-0.3, -0.25) is 0 Å². The zero-order valence-electron chi connectivity index (χ0n) is 13.6. The van der Waals surface area contributed by atoms with Crippen LogP contribution in [-0.2, 0) is 13.0 Å². The van der Waals surface area contributed by atoms with Crippen molar-refractivity contribution in [2.75, 3.05) is 0 Å². The normalized spacial score (nSPS) is 11.1. The van der Waals surface area contributed by atoms with Crippen LogP contribution in [0, 0.1) is 23.3 Å². The van der Waals surface area contributed by atoms with Gasteiger partial charge in [0.25, 0.3) is 0 Å². The number of fused-ring (bicyclic) bond motifs is 1. The first-order valence-electron chi connectivity index (χ1n) is 7.97. The molecule has 0 aliphatic carbocycles. The SMILES string of the molecule is CCCc1ccc(COc2ccc3c(F)c(F)c(F)cc3c2)c(F)c1. The van der Waals surface area contributed by atoms with Crippen molar-refractivity contribution in [1.82, 2.24) is 0 Å². The van der Waals surface area contributed by atoms with Crippen LogP contribution in [0.1, 0.15) is 24.5 Å². The lowest BCUT2D eigenvalue weighted by atomic mass is 10.1. The summed E-state index contributed by atoms with van der Waals surface area (Å²) >= 11 is 0. The molecular weight excluding hydrogens is 332 g/mol. The Morgan fingerprint density at radius 1 is 0.840 bits per heavy atom.